The van der Waals surface area contributed by atoms with Crippen LogP contribution in [0, 0.1) is 19.3 Å². The number of amides is 4. The number of carbonyl (C=O) groups excluding carboxylic acids is 4. The van der Waals surface area contributed by atoms with Crippen LogP contribution in [0.25, 0.3) is 31.8 Å². The van der Waals surface area contributed by atoms with Crippen molar-refractivity contribution in [2.75, 3.05) is 23.3 Å². The highest BCUT2D eigenvalue weighted by molar-refractivity contribution is 7.22. The number of halogens is 3. The average Bonchev–Trinajstić information content (AvgIpc) is 4.00. The first-order valence-electron chi connectivity index (χ1n) is 27.8. The van der Waals surface area contributed by atoms with Crippen LogP contribution in [0.2, 0.25) is 0 Å². The molecule has 0 radical (unpaired) electrons. The van der Waals surface area contributed by atoms with E-state index < -0.39 is 78.3 Å². The number of aryl methyl sites for hydroxylation is 1. The summed E-state index contributed by atoms with van der Waals surface area (Å²) in [5, 5.41) is 30.3. The van der Waals surface area contributed by atoms with Gasteiger partial charge in [-0.3, -0.25) is 24.5 Å². The molecule has 5 heterocycles. The van der Waals surface area contributed by atoms with Crippen LogP contribution in [0.4, 0.5) is 24.1 Å². The summed E-state index contributed by atoms with van der Waals surface area (Å²) >= 11 is 2.91. The molecule has 10 rings (SSSR count). The summed E-state index contributed by atoms with van der Waals surface area (Å²) in [6.45, 7) is 11.2. The third kappa shape index (κ3) is 13.2. The number of pyridine rings is 1. The third-order valence-corrected chi connectivity index (χ3v) is 17.6. The summed E-state index contributed by atoms with van der Waals surface area (Å²) < 4.78 is 51.7. The van der Waals surface area contributed by atoms with Crippen molar-refractivity contribution < 1.29 is 52.1 Å². The number of alkyl halides is 3. The molecule has 0 saturated carbocycles. The fraction of sp³-hybridized carbons (Fsp3) is 0.312. The van der Waals surface area contributed by atoms with Gasteiger partial charge in [-0.1, -0.05) is 105 Å². The van der Waals surface area contributed by atoms with E-state index in [0.29, 0.717) is 58.5 Å². The molecule has 0 aliphatic carbocycles. The number of thiazole rings is 2. The normalized spacial score (nSPS) is 16.3. The second-order valence-corrected chi connectivity index (χ2v) is 24.4. The van der Waals surface area contributed by atoms with Crippen LogP contribution in [0.15, 0.2) is 127 Å². The molecular weight excluding hydrogens is 1130 g/mol. The topological polar surface area (TPSA) is 216 Å². The van der Waals surface area contributed by atoms with Crippen molar-refractivity contribution in [2.45, 2.75) is 110 Å². The number of carbonyl (C=O) groups is 5. The first-order valence-corrected chi connectivity index (χ1v) is 29.5. The monoisotopic (exact) mass is 1190 g/mol. The second kappa shape index (κ2) is 24.6. The number of para-hydroxylation sites is 1. The Hall–Kier alpha value is -8.53. The van der Waals surface area contributed by atoms with E-state index in [1.807, 2.05) is 72.5 Å². The Bertz CT molecular complexity index is 3790. The van der Waals surface area contributed by atoms with Crippen molar-refractivity contribution in [1.82, 2.24) is 30.5 Å². The summed E-state index contributed by atoms with van der Waals surface area (Å²) in [6, 6.07) is 31.9. The summed E-state index contributed by atoms with van der Waals surface area (Å²) in [7, 11) is 0. The van der Waals surface area contributed by atoms with Gasteiger partial charge in [-0.2, -0.15) is 13.2 Å². The lowest BCUT2D eigenvalue weighted by molar-refractivity contribution is -0.153. The van der Waals surface area contributed by atoms with Gasteiger partial charge in [-0.05, 0) is 127 Å². The van der Waals surface area contributed by atoms with E-state index >= 15 is 0 Å². The number of hydrogen-bond acceptors (Lipinski definition) is 13. The SMILES string of the molecule is Cc1ncsc1-c1ccc(C(C)NC(=O)[C@@H]2C[C@@H](O)CN2C(=O)C(NC(=O)CCC(c2ccc(Oc3cccc(-c4ccc(N5CCc6cccc(C(=O)Nc7nc8ccccc8s7)c6C5)nc4C(=O)O)c3C)cc2)C(F)(F)F)C(C)(C)C)cc1. The molecule has 2 aliphatic rings. The fourth-order valence-electron chi connectivity index (χ4n) is 11.0. The van der Waals surface area contributed by atoms with E-state index in [4.69, 9.17) is 4.74 Å². The molecule has 0 bridgehead atoms. The molecule has 3 aromatic heterocycles. The lowest BCUT2D eigenvalue weighted by atomic mass is 9.85. The molecule has 2 aliphatic heterocycles. The van der Waals surface area contributed by atoms with Crippen molar-refractivity contribution in [3.05, 3.63) is 172 Å². The number of carboxylic acids is 1. The predicted octanol–water partition coefficient (Wildman–Crippen LogP) is 12.2. The Kier molecular flexibility index (Phi) is 17.2. The smallest absolute Gasteiger partial charge is 0.395 e. The average molecular weight is 1190 g/mol. The number of aliphatic hydroxyl groups is 1. The summed E-state index contributed by atoms with van der Waals surface area (Å²) in [5.41, 5.74) is 7.62. The number of ether oxygens (including phenoxy) is 1. The maximum absolute atomic E-state index is 14.9. The summed E-state index contributed by atoms with van der Waals surface area (Å²) in [6.07, 6.45) is -6.48. The lowest BCUT2D eigenvalue weighted by Gasteiger charge is -2.35. The highest BCUT2D eigenvalue weighted by Gasteiger charge is 2.46. The molecule has 5 aromatic carbocycles. The Labute approximate surface area is 497 Å². The van der Waals surface area contributed by atoms with Crippen LogP contribution in [0.5, 0.6) is 11.5 Å². The number of hydrogen-bond donors (Lipinski definition) is 5. The maximum Gasteiger partial charge on any atom is 0.395 e. The lowest BCUT2D eigenvalue weighted by Crippen LogP contribution is -2.57. The van der Waals surface area contributed by atoms with Gasteiger partial charge in [0.25, 0.3) is 5.91 Å². The molecule has 5 N–H and O–H groups in total. The Morgan fingerprint density at radius 3 is 2.26 bits per heavy atom. The van der Waals surface area contributed by atoms with Gasteiger partial charge in [-0.15, -0.1) is 11.3 Å². The van der Waals surface area contributed by atoms with Gasteiger partial charge < -0.3 is 35.4 Å². The minimum atomic E-state index is -4.76. The van der Waals surface area contributed by atoms with Crippen LogP contribution in [0.3, 0.4) is 0 Å². The van der Waals surface area contributed by atoms with Crippen molar-refractivity contribution >= 4 is 73.4 Å². The summed E-state index contributed by atoms with van der Waals surface area (Å²) in [5.74, 6) is -4.66. The van der Waals surface area contributed by atoms with Gasteiger partial charge in [0.1, 0.15) is 29.4 Å². The molecule has 5 atom stereocenters. The molecule has 1 saturated heterocycles. The number of nitrogens with one attached hydrogen (secondary N) is 3. The number of aliphatic hydroxyl groups excluding tert-OH is 1. The van der Waals surface area contributed by atoms with Crippen molar-refractivity contribution in [2.24, 2.45) is 5.41 Å². The molecule has 440 valence electrons. The number of nitrogens with zero attached hydrogens (tertiary/aromatic N) is 5. The zero-order chi connectivity index (χ0) is 60.5. The number of benzene rings is 5. The van der Waals surface area contributed by atoms with E-state index in [2.05, 4.69) is 30.9 Å². The Morgan fingerprint density at radius 2 is 1.56 bits per heavy atom. The van der Waals surface area contributed by atoms with Crippen molar-refractivity contribution in [1.29, 1.82) is 0 Å². The van der Waals surface area contributed by atoms with E-state index in [0.717, 1.165) is 43.0 Å². The molecule has 0 spiro atoms. The molecular formula is C64H63F3N8O8S2. The van der Waals surface area contributed by atoms with E-state index in [1.165, 1.54) is 51.8 Å². The predicted molar refractivity (Wildman–Crippen MR) is 321 cm³/mol. The zero-order valence-corrected chi connectivity index (χ0v) is 49.1. The highest BCUT2D eigenvalue weighted by Crippen LogP contribution is 2.41. The van der Waals surface area contributed by atoms with Crippen LogP contribution in [0.1, 0.15) is 113 Å². The summed E-state index contributed by atoms with van der Waals surface area (Å²) in [4.78, 5) is 86.1. The largest absolute Gasteiger partial charge is 0.476 e. The van der Waals surface area contributed by atoms with E-state index in [1.54, 1.807) is 76.5 Å². The first-order chi connectivity index (χ1) is 40.5. The van der Waals surface area contributed by atoms with Crippen molar-refractivity contribution in [3.63, 3.8) is 0 Å². The van der Waals surface area contributed by atoms with Gasteiger partial charge in [-0.25, -0.2) is 19.7 Å². The number of fused-ring (bicyclic) bond motifs is 2. The van der Waals surface area contributed by atoms with Gasteiger partial charge in [0.05, 0.1) is 44.4 Å². The number of anilines is 2. The van der Waals surface area contributed by atoms with Crippen LogP contribution in [-0.4, -0.2) is 97.1 Å². The zero-order valence-electron chi connectivity index (χ0n) is 47.5. The van der Waals surface area contributed by atoms with E-state index in [-0.39, 0.29) is 35.9 Å². The Morgan fingerprint density at radius 1 is 0.835 bits per heavy atom. The van der Waals surface area contributed by atoms with Gasteiger partial charge in [0.2, 0.25) is 17.7 Å². The van der Waals surface area contributed by atoms with E-state index in [9.17, 15) is 47.4 Å². The number of β-amino-alcohol motifs (C(OH)–C–C–N with tert-alkyl or cyclic N) is 1. The maximum atomic E-state index is 14.9. The standard InChI is InChI=1S/C64H63F3N8O8S2/c1-35-44(45-25-27-53(71-55(45)61(81)82)74-30-29-39-11-9-13-46(47(39)33-74)58(78)73-62-70-49-14-7-8-16-52(49)85-62)12-10-15-51(35)83-43-23-21-40(22-24-43)48(64(65,66)67)26-28-54(77)72-57(63(4,5)6)60(80)75-32-42(76)31-50(75)59(79)69-36(2)38-17-19-41(20-18-38)56-37(3)68-34-84-56/h7-25,27,34,36,42,48,50,57,76H,26,28-33H2,1-6H3,(H,69,79)(H,72,77)(H,81,82)(H,70,73,78)/t36?,42-,48?,50+,57?/m1/s1. The van der Waals surface area contributed by atoms with Crippen LogP contribution < -0.4 is 25.6 Å². The molecule has 3 unspecified atom stereocenters. The number of carboxylic acid groups (broad SMARTS) is 1. The fourth-order valence-corrected chi connectivity index (χ4v) is 12.7. The third-order valence-electron chi connectivity index (χ3n) is 15.6. The minimum Gasteiger partial charge on any atom is -0.476 e. The van der Waals surface area contributed by atoms with Crippen LogP contribution in [-0.2, 0) is 27.3 Å². The molecule has 4 amide bonds. The second-order valence-electron chi connectivity index (χ2n) is 22.5. The number of aromatic carboxylic acids is 1. The Balaban J connectivity index is 0.776. The van der Waals surface area contributed by atoms with Gasteiger partial charge >= 0.3 is 12.1 Å². The van der Waals surface area contributed by atoms with Gasteiger partial charge in [0, 0.05) is 43.6 Å². The van der Waals surface area contributed by atoms with Gasteiger partial charge in [0.15, 0.2) is 10.8 Å². The van der Waals surface area contributed by atoms with Crippen molar-refractivity contribution in [3.8, 4) is 33.1 Å². The number of aromatic nitrogens is 3. The highest BCUT2D eigenvalue weighted by atomic mass is 32.1. The molecule has 8 aromatic rings. The first kappa shape index (κ1) is 59.6. The number of likely N-dealkylation sites (tertiary alicyclic amines) is 1. The molecule has 1 fully saturated rings. The molecule has 21 heteroatoms. The quantitative estimate of drug-likeness (QED) is 0.0576. The van der Waals surface area contributed by atoms with Crippen LogP contribution >= 0.6 is 22.7 Å². The number of rotatable bonds is 17. The molecule has 85 heavy (non-hydrogen) atoms. The molecule has 16 nitrogen and oxygen atoms in total. The minimum absolute atomic E-state index is 0.0430.